The van der Waals surface area contributed by atoms with Crippen LogP contribution in [0.25, 0.3) is 6.08 Å². The van der Waals surface area contributed by atoms with E-state index < -0.39 is 12.1 Å². The van der Waals surface area contributed by atoms with Gasteiger partial charge in [-0.2, -0.15) is 0 Å². The maximum Gasteiger partial charge on any atom is 0.347 e. The van der Waals surface area contributed by atoms with Crippen molar-refractivity contribution < 1.29 is 23.8 Å². The van der Waals surface area contributed by atoms with Crippen molar-refractivity contribution in [2.75, 3.05) is 6.61 Å². The quantitative estimate of drug-likeness (QED) is 0.597. The Morgan fingerprint density at radius 2 is 2.16 bits per heavy atom. The number of fused-ring (bicyclic) bond motifs is 1. The summed E-state index contributed by atoms with van der Waals surface area (Å²) in [6.07, 6.45) is 1.02. The standard InChI is InChI=1S/C19H18O5S/c1-4-22-19(21)12(3)23-13-5-6-14-15(9-13)24-16(18(14)20)10-17-11(2)7-8-25-17/h5-10,12H,4H2,1-3H3/b16-10-. The lowest BCUT2D eigenvalue weighted by atomic mass is 10.1. The van der Waals surface area contributed by atoms with Crippen LogP contribution in [0.15, 0.2) is 35.4 Å². The summed E-state index contributed by atoms with van der Waals surface area (Å²) in [5, 5.41) is 1.97. The Hall–Kier alpha value is -2.60. The minimum Gasteiger partial charge on any atom is -0.479 e. The van der Waals surface area contributed by atoms with Crippen LogP contribution in [0.4, 0.5) is 0 Å². The highest BCUT2D eigenvalue weighted by Gasteiger charge is 2.28. The van der Waals surface area contributed by atoms with Gasteiger partial charge in [0, 0.05) is 17.0 Å². The maximum absolute atomic E-state index is 12.5. The zero-order valence-electron chi connectivity index (χ0n) is 14.2. The third-order valence-electron chi connectivity index (χ3n) is 3.74. The average Bonchev–Trinajstić information content (AvgIpc) is 3.12. The smallest absolute Gasteiger partial charge is 0.347 e. The van der Waals surface area contributed by atoms with Gasteiger partial charge in [-0.05, 0) is 49.9 Å². The Bertz CT molecular complexity index is 849. The number of thiophene rings is 1. The molecule has 2 heterocycles. The first-order chi connectivity index (χ1) is 12.0. The Kier molecular flexibility index (Phi) is 4.90. The van der Waals surface area contributed by atoms with E-state index in [2.05, 4.69) is 0 Å². The van der Waals surface area contributed by atoms with Gasteiger partial charge in [0.05, 0.1) is 12.2 Å². The van der Waals surface area contributed by atoms with Crippen LogP contribution in [0.3, 0.4) is 0 Å². The molecule has 0 saturated carbocycles. The molecule has 6 heteroatoms. The van der Waals surface area contributed by atoms with Crippen LogP contribution in [0.5, 0.6) is 11.5 Å². The lowest BCUT2D eigenvalue weighted by Gasteiger charge is -2.13. The number of rotatable bonds is 5. The third-order valence-corrected chi connectivity index (χ3v) is 4.70. The molecule has 0 amide bonds. The molecule has 0 radical (unpaired) electrons. The van der Waals surface area contributed by atoms with Gasteiger partial charge in [0.2, 0.25) is 5.78 Å². The summed E-state index contributed by atoms with van der Waals surface area (Å²) in [6.45, 7) is 5.63. The number of hydrogen-bond acceptors (Lipinski definition) is 6. The highest BCUT2D eigenvalue weighted by Crippen LogP contribution is 2.35. The highest BCUT2D eigenvalue weighted by atomic mass is 32.1. The first kappa shape index (κ1) is 17.2. The van der Waals surface area contributed by atoms with E-state index in [1.54, 1.807) is 49.5 Å². The number of ketones is 1. The van der Waals surface area contributed by atoms with Gasteiger partial charge in [0.1, 0.15) is 11.5 Å². The van der Waals surface area contributed by atoms with Gasteiger partial charge in [-0.25, -0.2) is 4.79 Å². The lowest BCUT2D eigenvalue weighted by Crippen LogP contribution is -2.26. The van der Waals surface area contributed by atoms with Crippen LogP contribution in [0.1, 0.15) is 34.6 Å². The number of benzene rings is 1. The second kappa shape index (κ2) is 7.11. The lowest BCUT2D eigenvalue weighted by molar-refractivity contribution is -0.150. The van der Waals surface area contributed by atoms with E-state index in [4.69, 9.17) is 14.2 Å². The molecule has 2 aromatic rings. The Morgan fingerprint density at radius 1 is 1.36 bits per heavy atom. The fraction of sp³-hybridized carbons (Fsp3) is 0.263. The zero-order valence-corrected chi connectivity index (χ0v) is 15.0. The van der Waals surface area contributed by atoms with E-state index >= 15 is 0 Å². The predicted molar refractivity (Wildman–Crippen MR) is 95.2 cm³/mol. The summed E-state index contributed by atoms with van der Waals surface area (Å²) in [7, 11) is 0. The molecule has 5 nitrogen and oxygen atoms in total. The number of hydrogen-bond donors (Lipinski definition) is 0. The molecule has 1 aromatic carbocycles. The average molecular weight is 358 g/mol. The van der Waals surface area contributed by atoms with E-state index in [1.807, 2.05) is 18.4 Å². The van der Waals surface area contributed by atoms with Gasteiger partial charge in [-0.15, -0.1) is 11.3 Å². The van der Waals surface area contributed by atoms with Crippen molar-refractivity contribution in [3.63, 3.8) is 0 Å². The molecule has 1 aromatic heterocycles. The molecule has 0 bridgehead atoms. The van der Waals surface area contributed by atoms with Crippen molar-refractivity contribution in [2.24, 2.45) is 0 Å². The molecule has 0 aliphatic carbocycles. The van der Waals surface area contributed by atoms with Gasteiger partial charge in [-0.1, -0.05) is 0 Å². The molecule has 3 rings (SSSR count). The second-order valence-electron chi connectivity index (χ2n) is 5.58. The van der Waals surface area contributed by atoms with Crippen LogP contribution in [-0.2, 0) is 9.53 Å². The fourth-order valence-corrected chi connectivity index (χ4v) is 3.25. The minimum absolute atomic E-state index is 0.159. The molecule has 0 fully saturated rings. The van der Waals surface area contributed by atoms with Gasteiger partial charge in [0.25, 0.3) is 0 Å². The largest absolute Gasteiger partial charge is 0.479 e. The number of aryl methyl sites for hydroxylation is 1. The monoisotopic (exact) mass is 358 g/mol. The molecule has 130 valence electrons. The van der Waals surface area contributed by atoms with Crippen LogP contribution >= 0.6 is 11.3 Å². The number of esters is 1. The van der Waals surface area contributed by atoms with E-state index in [-0.39, 0.29) is 11.5 Å². The summed E-state index contributed by atoms with van der Waals surface area (Å²) in [6, 6.07) is 6.90. The number of ether oxygens (including phenoxy) is 3. The summed E-state index contributed by atoms with van der Waals surface area (Å²) >= 11 is 1.55. The van der Waals surface area contributed by atoms with Gasteiger partial charge in [0.15, 0.2) is 11.9 Å². The summed E-state index contributed by atoms with van der Waals surface area (Å²) in [5.41, 5.74) is 1.58. The predicted octanol–water partition coefficient (Wildman–Crippen LogP) is 4.00. The van der Waals surface area contributed by atoms with E-state index in [1.165, 1.54) is 0 Å². The van der Waals surface area contributed by atoms with Crippen LogP contribution in [0.2, 0.25) is 0 Å². The SMILES string of the molecule is CCOC(=O)C(C)Oc1ccc2c(c1)O/C(=C\c1sccc1C)C2=O. The van der Waals surface area contributed by atoms with Crippen molar-refractivity contribution in [1.82, 2.24) is 0 Å². The topological polar surface area (TPSA) is 61.8 Å². The minimum atomic E-state index is -0.737. The molecular weight excluding hydrogens is 340 g/mol. The van der Waals surface area contributed by atoms with Crippen molar-refractivity contribution in [3.8, 4) is 11.5 Å². The highest BCUT2D eigenvalue weighted by molar-refractivity contribution is 7.11. The van der Waals surface area contributed by atoms with E-state index in [9.17, 15) is 9.59 Å². The molecule has 0 spiro atoms. The van der Waals surface area contributed by atoms with Gasteiger partial charge >= 0.3 is 5.97 Å². The molecular formula is C19H18O5S. The summed E-state index contributed by atoms with van der Waals surface area (Å²) < 4.78 is 16.2. The van der Waals surface area contributed by atoms with Crippen molar-refractivity contribution in [2.45, 2.75) is 26.9 Å². The second-order valence-corrected chi connectivity index (χ2v) is 6.53. The van der Waals surface area contributed by atoms with Crippen molar-refractivity contribution in [1.29, 1.82) is 0 Å². The van der Waals surface area contributed by atoms with Crippen LogP contribution < -0.4 is 9.47 Å². The Balaban J connectivity index is 1.79. The number of allylic oxidation sites excluding steroid dienone is 1. The summed E-state index contributed by atoms with van der Waals surface area (Å²) in [4.78, 5) is 25.1. The van der Waals surface area contributed by atoms with Crippen molar-refractivity contribution >= 4 is 29.2 Å². The molecule has 0 saturated heterocycles. The zero-order chi connectivity index (χ0) is 18.0. The van der Waals surface area contributed by atoms with E-state index in [0.717, 1.165) is 10.4 Å². The number of carbonyl (C=O) groups excluding carboxylic acids is 2. The Labute approximate surface area is 149 Å². The molecule has 1 atom stereocenters. The fourth-order valence-electron chi connectivity index (χ4n) is 2.40. The van der Waals surface area contributed by atoms with Gasteiger partial charge < -0.3 is 14.2 Å². The number of Topliss-reactive ketones (excluding diaryl/α,β-unsaturated/α-hetero) is 1. The number of carbonyl (C=O) groups is 2. The first-order valence-electron chi connectivity index (χ1n) is 7.95. The third kappa shape index (κ3) is 3.58. The van der Waals surface area contributed by atoms with Crippen molar-refractivity contribution in [3.05, 3.63) is 51.4 Å². The molecule has 0 N–H and O–H groups in total. The summed E-state index contributed by atoms with van der Waals surface area (Å²) in [5.74, 6) is 0.567. The first-order valence-corrected chi connectivity index (χ1v) is 8.83. The van der Waals surface area contributed by atoms with E-state index in [0.29, 0.717) is 23.7 Å². The maximum atomic E-state index is 12.5. The molecule has 1 unspecified atom stereocenters. The van der Waals surface area contributed by atoms with Crippen LogP contribution in [-0.4, -0.2) is 24.5 Å². The molecule has 1 aliphatic heterocycles. The normalized spacial score (nSPS) is 15.6. The molecule has 1 aliphatic rings. The molecule has 25 heavy (non-hydrogen) atoms. The van der Waals surface area contributed by atoms with Crippen LogP contribution in [0, 0.1) is 6.92 Å². The van der Waals surface area contributed by atoms with Gasteiger partial charge in [-0.3, -0.25) is 4.79 Å². The Morgan fingerprint density at radius 3 is 2.84 bits per heavy atom.